The van der Waals surface area contributed by atoms with Gasteiger partial charge in [-0.05, 0) is 44.9 Å². The minimum atomic E-state index is -0.536. The monoisotopic (exact) mass is 349 g/mol. The van der Waals surface area contributed by atoms with Crippen molar-refractivity contribution in [2.24, 2.45) is 0 Å². The summed E-state index contributed by atoms with van der Waals surface area (Å²) in [6.07, 6.45) is 2.96. The lowest BCUT2D eigenvalue weighted by molar-refractivity contribution is 0.0525. The molecule has 0 saturated heterocycles. The number of amides is 1. The van der Waals surface area contributed by atoms with Gasteiger partial charge in [-0.15, -0.1) is 0 Å². The van der Waals surface area contributed by atoms with E-state index in [2.05, 4.69) is 10.4 Å². The van der Waals surface area contributed by atoms with Crippen LogP contribution in [0.25, 0.3) is 11.1 Å². The molecular weight excluding hydrogens is 325 g/mol. The van der Waals surface area contributed by atoms with Crippen LogP contribution in [0.4, 0.5) is 9.18 Å². The quantitative estimate of drug-likeness (QED) is 0.870. The zero-order valence-corrected chi connectivity index (χ0v) is 15.0. The number of aromatic nitrogens is 2. The van der Waals surface area contributed by atoms with E-state index in [1.54, 1.807) is 43.9 Å². The molecule has 0 fully saturated rings. The van der Waals surface area contributed by atoms with Crippen molar-refractivity contribution in [3.63, 3.8) is 0 Å². The molecule has 0 aliphatic rings. The van der Waals surface area contributed by atoms with Crippen LogP contribution in [0, 0.1) is 12.7 Å². The molecule has 2 aromatic rings. The number of hydrogen-bond acceptors (Lipinski definition) is 4. The van der Waals surface area contributed by atoms with Gasteiger partial charge in [0, 0.05) is 23.9 Å². The number of nitrogens with zero attached hydrogens (tertiary/aromatic N) is 2. The van der Waals surface area contributed by atoms with E-state index in [-0.39, 0.29) is 12.2 Å². The van der Waals surface area contributed by atoms with Gasteiger partial charge in [0.2, 0.25) is 0 Å². The number of halogens is 1. The average molecular weight is 349 g/mol. The molecular formula is C18H24FN3O3. The number of carbonyl (C=O) groups is 1. The zero-order valence-electron chi connectivity index (χ0n) is 15.0. The Bertz CT molecular complexity index is 751. The smallest absolute Gasteiger partial charge is 0.407 e. The summed E-state index contributed by atoms with van der Waals surface area (Å²) in [4.78, 5) is 11.6. The molecule has 6 nitrogen and oxygen atoms in total. The number of benzene rings is 1. The number of alkyl carbamates (subject to hydrolysis) is 1. The fourth-order valence-corrected chi connectivity index (χ4v) is 2.39. The summed E-state index contributed by atoms with van der Waals surface area (Å²) in [5, 5.41) is 16.0. The summed E-state index contributed by atoms with van der Waals surface area (Å²) in [7, 11) is 0. The van der Waals surface area contributed by atoms with Crippen molar-refractivity contribution < 1.29 is 19.0 Å². The molecule has 1 aromatic heterocycles. The van der Waals surface area contributed by atoms with E-state index in [1.165, 1.54) is 6.07 Å². The molecule has 0 aliphatic heterocycles. The third-order valence-electron chi connectivity index (χ3n) is 3.52. The molecule has 1 aromatic carbocycles. The first-order valence-electron chi connectivity index (χ1n) is 8.09. The standard InChI is InChI=1S/C18H24FN3O3/c1-12-7-13(11-23)16(19)8-15(12)14-9-21-22(10-14)6-5-20-17(24)25-18(2,3)4/h7-10,23H,5-6,11H2,1-4H3,(H,20,24). The number of rotatable bonds is 5. The van der Waals surface area contributed by atoms with Gasteiger partial charge in [0.25, 0.3) is 0 Å². The van der Waals surface area contributed by atoms with Gasteiger partial charge >= 0.3 is 6.09 Å². The molecule has 0 spiro atoms. The fraction of sp³-hybridized carbons (Fsp3) is 0.444. The summed E-state index contributed by atoms with van der Waals surface area (Å²) in [6, 6.07) is 3.03. The fourth-order valence-electron chi connectivity index (χ4n) is 2.39. The van der Waals surface area contributed by atoms with Gasteiger partial charge in [-0.25, -0.2) is 9.18 Å². The van der Waals surface area contributed by atoms with Gasteiger partial charge in [0.15, 0.2) is 0 Å². The van der Waals surface area contributed by atoms with E-state index in [0.29, 0.717) is 13.1 Å². The van der Waals surface area contributed by atoms with Crippen LogP contribution >= 0.6 is 0 Å². The van der Waals surface area contributed by atoms with Crippen LogP contribution in [0.3, 0.4) is 0 Å². The first-order valence-corrected chi connectivity index (χ1v) is 8.09. The highest BCUT2D eigenvalue weighted by Gasteiger charge is 2.15. The number of nitrogens with one attached hydrogen (secondary N) is 1. The lowest BCUT2D eigenvalue weighted by Crippen LogP contribution is -2.34. The predicted molar refractivity (Wildman–Crippen MR) is 92.5 cm³/mol. The lowest BCUT2D eigenvalue weighted by Gasteiger charge is -2.19. The average Bonchev–Trinajstić information content (AvgIpc) is 2.96. The van der Waals surface area contributed by atoms with Crippen molar-refractivity contribution in [1.82, 2.24) is 15.1 Å². The number of aliphatic hydroxyl groups excluding tert-OH is 1. The molecule has 0 atom stereocenters. The molecule has 2 rings (SSSR count). The molecule has 1 heterocycles. The number of carbonyl (C=O) groups excluding carboxylic acids is 1. The predicted octanol–water partition coefficient (Wildman–Crippen LogP) is 3.01. The second kappa shape index (κ2) is 7.65. The van der Waals surface area contributed by atoms with Crippen LogP contribution in [-0.4, -0.2) is 33.1 Å². The maximum atomic E-state index is 13.9. The number of aryl methyl sites for hydroxylation is 1. The molecule has 7 heteroatoms. The summed E-state index contributed by atoms with van der Waals surface area (Å²) >= 11 is 0. The van der Waals surface area contributed by atoms with E-state index in [1.807, 2.05) is 6.92 Å². The molecule has 136 valence electrons. The van der Waals surface area contributed by atoms with Crippen LogP contribution in [0.15, 0.2) is 24.5 Å². The summed E-state index contributed by atoms with van der Waals surface area (Å²) in [5.41, 5.74) is 2.09. The van der Waals surface area contributed by atoms with Crippen LogP contribution in [0.5, 0.6) is 0 Å². The Labute approximate surface area is 146 Å². The molecule has 2 N–H and O–H groups in total. The lowest BCUT2D eigenvalue weighted by atomic mass is 10.0. The van der Waals surface area contributed by atoms with Crippen molar-refractivity contribution in [1.29, 1.82) is 0 Å². The van der Waals surface area contributed by atoms with Gasteiger partial charge in [-0.1, -0.05) is 6.07 Å². The first-order chi connectivity index (χ1) is 11.7. The Morgan fingerprint density at radius 1 is 1.40 bits per heavy atom. The van der Waals surface area contributed by atoms with Crippen LogP contribution in [0.2, 0.25) is 0 Å². The maximum Gasteiger partial charge on any atom is 0.407 e. The second-order valence-corrected chi connectivity index (χ2v) is 6.84. The van der Waals surface area contributed by atoms with E-state index in [4.69, 9.17) is 9.84 Å². The van der Waals surface area contributed by atoms with Crippen molar-refractivity contribution in [2.45, 2.75) is 46.4 Å². The molecule has 0 aliphatic carbocycles. The highest BCUT2D eigenvalue weighted by Crippen LogP contribution is 2.26. The summed E-state index contributed by atoms with van der Waals surface area (Å²) in [6.45, 7) is 7.77. The van der Waals surface area contributed by atoms with Gasteiger partial charge in [0.1, 0.15) is 11.4 Å². The first kappa shape index (κ1) is 18.9. The van der Waals surface area contributed by atoms with Gasteiger partial charge < -0.3 is 15.2 Å². The molecule has 0 saturated carbocycles. The van der Waals surface area contributed by atoms with Crippen LogP contribution < -0.4 is 5.32 Å². The SMILES string of the molecule is Cc1cc(CO)c(F)cc1-c1cnn(CCNC(=O)OC(C)(C)C)c1. The summed E-state index contributed by atoms with van der Waals surface area (Å²) < 4.78 is 20.7. The Kier molecular flexibility index (Phi) is 5.79. The molecule has 25 heavy (non-hydrogen) atoms. The number of hydrogen-bond donors (Lipinski definition) is 2. The highest BCUT2D eigenvalue weighted by atomic mass is 19.1. The minimum absolute atomic E-state index is 0.273. The highest BCUT2D eigenvalue weighted by molar-refractivity contribution is 5.67. The second-order valence-electron chi connectivity index (χ2n) is 6.84. The Morgan fingerprint density at radius 3 is 2.76 bits per heavy atom. The number of ether oxygens (including phenoxy) is 1. The number of aliphatic hydroxyl groups is 1. The Hall–Kier alpha value is -2.41. The third-order valence-corrected chi connectivity index (χ3v) is 3.52. The molecule has 0 unspecified atom stereocenters. The molecule has 0 bridgehead atoms. The topological polar surface area (TPSA) is 76.4 Å². The van der Waals surface area contributed by atoms with Gasteiger partial charge in [0.05, 0.1) is 19.3 Å². The van der Waals surface area contributed by atoms with Crippen LogP contribution in [-0.2, 0) is 17.9 Å². The molecule has 1 amide bonds. The zero-order chi connectivity index (χ0) is 18.6. The Morgan fingerprint density at radius 2 is 2.12 bits per heavy atom. The normalized spacial score (nSPS) is 11.4. The third kappa shape index (κ3) is 5.29. The van der Waals surface area contributed by atoms with E-state index in [0.717, 1.165) is 16.7 Å². The van der Waals surface area contributed by atoms with Crippen molar-refractivity contribution in [3.05, 3.63) is 41.5 Å². The molecule has 0 radical (unpaired) electrons. The maximum absolute atomic E-state index is 13.9. The summed E-state index contributed by atoms with van der Waals surface area (Å²) in [5.74, 6) is -0.442. The van der Waals surface area contributed by atoms with Gasteiger partial charge in [-0.3, -0.25) is 4.68 Å². The van der Waals surface area contributed by atoms with E-state index < -0.39 is 17.5 Å². The minimum Gasteiger partial charge on any atom is -0.444 e. The van der Waals surface area contributed by atoms with Crippen molar-refractivity contribution in [2.75, 3.05) is 6.54 Å². The Balaban J connectivity index is 1.99. The van der Waals surface area contributed by atoms with E-state index >= 15 is 0 Å². The largest absolute Gasteiger partial charge is 0.444 e. The van der Waals surface area contributed by atoms with Crippen molar-refractivity contribution in [3.8, 4) is 11.1 Å². The van der Waals surface area contributed by atoms with Crippen LogP contribution in [0.1, 0.15) is 31.9 Å². The van der Waals surface area contributed by atoms with Gasteiger partial charge in [-0.2, -0.15) is 5.10 Å². The van der Waals surface area contributed by atoms with E-state index in [9.17, 15) is 9.18 Å². The van der Waals surface area contributed by atoms with Crippen molar-refractivity contribution >= 4 is 6.09 Å².